The van der Waals surface area contributed by atoms with Crippen molar-refractivity contribution >= 4 is 12.2 Å². The molecule has 1 aromatic rings. The highest BCUT2D eigenvalue weighted by Gasteiger charge is 2.35. The predicted octanol–water partition coefficient (Wildman–Crippen LogP) is 2.81. The van der Waals surface area contributed by atoms with E-state index < -0.39 is 0 Å². The summed E-state index contributed by atoms with van der Waals surface area (Å²) in [6.07, 6.45) is 10.6. The number of hydrogen-bond donors (Lipinski definition) is 0. The van der Waals surface area contributed by atoms with Gasteiger partial charge in [-0.2, -0.15) is 10.4 Å². The van der Waals surface area contributed by atoms with E-state index >= 15 is 0 Å². The Bertz CT molecular complexity index is 831. The summed E-state index contributed by atoms with van der Waals surface area (Å²) >= 11 is 0. The normalized spacial score (nSPS) is 19.3. The van der Waals surface area contributed by atoms with Crippen LogP contribution in [0.4, 0.5) is 4.79 Å². The summed E-state index contributed by atoms with van der Waals surface area (Å²) in [6, 6.07) is 9.40. The summed E-state index contributed by atoms with van der Waals surface area (Å²) in [7, 11) is 0. The first-order valence-corrected chi connectivity index (χ1v) is 8.83. The van der Waals surface area contributed by atoms with Crippen LogP contribution in [0.1, 0.15) is 30.4 Å². The Morgan fingerprint density at radius 2 is 1.96 bits per heavy atom. The third-order valence-corrected chi connectivity index (χ3v) is 4.79. The van der Waals surface area contributed by atoms with E-state index in [4.69, 9.17) is 0 Å². The maximum absolute atomic E-state index is 13.1. The fourth-order valence-electron chi connectivity index (χ4n) is 3.45. The second-order valence-electron chi connectivity index (χ2n) is 6.45. The molecule has 0 radical (unpaired) electrons. The van der Waals surface area contributed by atoms with Crippen LogP contribution in [0.5, 0.6) is 0 Å². The molecule has 7 heteroatoms. The number of hydrazine groups is 1. The van der Waals surface area contributed by atoms with Gasteiger partial charge in [0, 0.05) is 19.3 Å². The number of carbonyl (C=O) groups is 1. The van der Waals surface area contributed by atoms with Gasteiger partial charge in [0.25, 0.3) is 0 Å². The van der Waals surface area contributed by atoms with E-state index in [2.05, 4.69) is 16.1 Å². The van der Waals surface area contributed by atoms with Gasteiger partial charge in [-0.1, -0.05) is 18.2 Å². The Hall–Kier alpha value is -3.27. The first-order chi connectivity index (χ1) is 12.8. The van der Waals surface area contributed by atoms with E-state index in [0.717, 1.165) is 37.3 Å². The molecule has 0 atom stereocenters. The number of allylic oxidation sites excluding steroid dienone is 1. The van der Waals surface area contributed by atoms with Gasteiger partial charge in [0.2, 0.25) is 0 Å². The fraction of sp³-hybridized carbons (Fsp3) is 0.316. The molecule has 0 aromatic heterocycles. The molecule has 0 saturated carbocycles. The molecule has 0 bridgehead atoms. The highest BCUT2D eigenvalue weighted by Crippen LogP contribution is 2.28. The third-order valence-electron chi connectivity index (χ3n) is 4.79. The van der Waals surface area contributed by atoms with Crippen molar-refractivity contribution in [2.75, 3.05) is 13.1 Å². The Labute approximate surface area is 152 Å². The van der Waals surface area contributed by atoms with Gasteiger partial charge in [0.1, 0.15) is 5.82 Å². The third kappa shape index (κ3) is 2.90. The van der Waals surface area contributed by atoms with Gasteiger partial charge in [0.15, 0.2) is 0 Å². The summed E-state index contributed by atoms with van der Waals surface area (Å²) in [4.78, 5) is 17.1. The zero-order valence-corrected chi connectivity index (χ0v) is 14.5. The number of benzene rings is 1. The molecule has 4 rings (SSSR count). The summed E-state index contributed by atoms with van der Waals surface area (Å²) in [5.41, 5.74) is 1.42. The van der Waals surface area contributed by atoms with Crippen molar-refractivity contribution in [3.8, 4) is 6.07 Å². The molecule has 0 N–H and O–H groups in total. The van der Waals surface area contributed by atoms with Crippen molar-refractivity contribution < 1.29 is 4.79 Å². The van der Waals surface area contributed by atoms with Gasteiger partial charge >= 0.3 is 6.03 Å². The van der Waals surface area contributed by atoms with E-state index in [0.29, 0.717) is 12.1 Å². The number of hydrogen-bond acceptors (Lipinski definition) is 5. The molecular formula is C19H20N6O. The molecule has 1 saturated heterocycles. The van der Waals surface area contributed by atoms with Gasteiger partial charge in [-0.15, -0.1) is 5.12 Å². The van der Waals surface area contributed by atoms with Crippen LogP contribution in [0, 0.1) is 11.3 Å². The molecule has 0 aliphatic carbocycles. The number of amides is 2. The van der Waals surface area contributed by atoms with Gasteiger partial charge in [0.05, 0.1) is 30.6 Å². The Morgan fingerprint density at radius 1 is 1.15 bits per heavy atom. The summed E-state index contributed by atoms with van der Waals surface area (Å²) in [5, 5.41) is 16.6. The van der Waals surface area contributed by atoms with Gasteiger partial charge in [-0.3, -0.25) is 4.90 Å². The zero-order valence-electron chi connectivity index (χ0n) is 14.5. The van der Waals surface area contributed by atoms with Crippen molar-refractivity contribution in [1.82, 2.24) is 19.9 Å². The molecule has 3 heterocycles. The van der Waals surface area contributed by atoms with E-state index in [9.17, 15) is 10.1 Å². The van der Waals surface area contributed by atoms with Crippen LogP contribution in [-0.4, -0.2) is 45.3 Å². The van der Waals surface area contributed by atoms with Crippen molar-refractivity contribution in [3.63, 3.8) is 0 Å². The lowest BCUT2D eigenvalue weighted by atomic mass is 10.1. The number of nitriles is 1. The van der Waals surface area contributed by atoms with Crippen LogP contribution in [0.2, 0.25) is 0 Å². The standard InChI is InChI=1S/C19H20N6O/c20-13-16-7-2-3-8-17(16)14-24-18(22-10-4-1-5-11-22)15-23-12-6-9-21-25(23)19(24)26/h2-3,6-9,12,15H,1,4-5,10-11,14H2. The number of rotatable bonds is 3. The molecule has 1 fully saturated rings. The number of piperidine rings is 1. The number of carbonyl (C=O) groups excluding carboxylic acids is 1. The van der Waals surface area contributed by atoms with Gasteiger partial charge < -0.3 is 4.90 Å². The lowest BCUT2D eigenvalue weighted by molar-refractivity contribution is 0.0413. The molecule has 3 aliphatic heterocycles. The van der Waals surface area contributed by atoms with Crippen LogP contribution in [-0.2, 0) is 6.54 Å². The van der Waals surface area contributed by atoms with Crippen LogP contribution in [0.15, 0.2) is 53.7 Å². The molecule has 3 aliphatic rings. The second-order valence-corrected chi connectivity index (χ2v) is 6.45. The van der Waals surface area contributed by atoms with Crippen molar-refractivity contribution in [2.45, 2.75) is 25.8 Å². The van der Waals surface area contributed by atoms with Crippen LogP contribution < -0.4 is 0 Å². The number of likely N-dealkylation sites (tertiary alicyclic amines) is 1. The number of fused-ring (bicyclic) bond motifs is 1. The Kier molecular flexibility index (Phi) is 4.32. The molecular weight excluding hydrogens is 328 g/mol. The average molecular weight is 348 g/mol. The first kappa shape index (κ1) is 16.2. The second kappa shape index (κ2) is 6.92. The Morgan fingerprint density at radius 3 is 2.77 bits per heavy atom. The summed E-state index contributed by atoms with van der Waals surface area (Å²) < 4.78 is 0. The SMILES string of the molecule is N#Cc1ccccc1CN1C(=O)N2N=CC=CN2C=C1N1CCCCC1. The predicted molar refractivity (Wildman–Crippen MR) is 96.9 cm³/mol. The minimum atomic E-state index is -0.221. The largest absolute Gasteiger partial charge is 0.366 e. The minimum absolute atomic E-state index is 0.221. The topological polar surface area (TPSA) is 66.2 Å². The maximum atomic E-state index is 13.1. The van der Waals surface area contributed by atoms with Gasteiger partial charge in [-0.25, -0.2) is 9.80 Å². The summed E-state index contributed by atoms with van der Waals surface area (Å²) in [6.45, 7) is 2.20. The molecule has 26 heavy (non-hydrogen) atoms. The van der Waals surface area contributed by atoms with Crippen LogP contribution in [0.25, 0.3) is 0 Å². The van der Waals surface area contributed by atoms with Crippen molar-refractivity contribution in [1.29, 1.82) is 5.26 Å². The molecule has 1 aromatic carbocycles. The maximum Gasteiger partial charge on any atom is 0.366 e. The molecule has 2 amide bonds. The van der Waals surface area contributed by atoms with Crippen LogP contribution >= 0.6 is 0 Å². The fourth-order valence-corrected chi connectivity index (χ4v) is 3.45. The van der Waals surface area contributed by atoms with E-state index in [1.807, 2.05) is 30.6 Å². The number of urea groups is 1. The summed E-state index contributed by atoms with van der Waals surface area (Å²) in [5.74, 6) is 0.862. The number of hydrazone groups is 1. The highest BCUT2D eigenvalue weighted by atomic mass is 16.2. The lowest BCUT2D eigenvalue weighted by Gasteiger charge is -2.44. The van der Waals surface area contributed by atoms with Gasteiger partial charge in [-0.05, 0) is 37.0 Å². The minimum Gasteiger partial charge on any atom is -0.357 e. The van der Waals surface area contributed by atoms with E-state index in [1.54, 1.807) is 28.3 Å². The molecule has 0 spiro atoms. The molecule has 7 nitrogen and oxygen atoms in total. The monoisotopic (exact) mass is 348 g/mol. The lowest BCUT2D eigenvalue weighted by Crippen LogP contribution is -2.54. The molecule has 0 unspecified atom stereocenters. The van der Waals surface area contributed by atoms with E-state index in [1.165, 1.54) is 11.5 Å². The highest BCUT2D eigenvalue weighted by molar-refractivity contribution is 5.80. The average Bonchev–Trinajstić information content (AvgIpc) is 2.71. The van der Waals surface area contributed by atoms with E-state index in [-0.39, 0.29) is 6.03 Å². The molecule has 132 valence electrons. The number of nitrogens with zero attached hydrogens (tertiary/aromatic N) is 6. The first-order valence-electron chi connectivity index (χ1n) is 8.83. The van der Waals surface area contributed by atoms with Crippen LogP contribution in [0.3, 0.4) is 0 Å². The van der Waals surface area contributed by atoms with Crippen molar-refractivity contribution in [2.24, 2.45) is 5.10 Å². The Balaban J connectivity index is 1.71. The quantitative estimate of drug-likeness (QED) is 0.842. The zero-order chi connectivity index (χ0) is 17.9. The smallest absolute Gasteiger partial charge is 0.357 e. The van der Waals surface area contributed by atoms with Crippen molar-refractivity contribution in [3.05, 3.63) is 59.7 Å².